The van der Waals surface area contributed by atoms with Gasteiger partial charge in [-0.05, 0) is 72.3 Å². The third-order valence-corrected chi connectivity index (χ3v) is 6.46. The topological polar surface area (TPSA) is 94.2 Å². The van der Waals surface area contributed by atoms with Crippen molar-refractivity contribution in [3.05, 3.63) is 88.3 Å². The van der Waals surface area contributed by atoms with Gasteiger partial charge in [-0.25, -0.2) is 0 Å². The summed E-state index contributed by atoms with van der Waals surface area (Å²) in [6, 6.07) is 20.1. The Balaban J connectivity index is 1.40. The average Bonchev–Trinajstić information content (AvgIpc) is 3.16. The summed E-state index contributed by atoms with van der Waals surface area (Å²) >= 11 is 0.786. The van der Waals surface area contributed by atoms with Crippen LogP contribution in [0.1, 0.15) is 16.7 Å². The number of carbonyl (C=O) groups is 3. The Hall–Kier alpha value is -4.24. The van der Waals surface area contributed by atoms with Gasteiger partial charge in [0.25, 0.3) is 11.1 Å². The Morgan fingerprint density at radius 2 is 1.68 bits per heavy atom. The predicted molar refractivity (Wildman–Crippen MR) is 143 cm³/mol. The van der Waals surface area contributed by atoms with Gasteiger partial charge in [0.1, 0.15) is 18.9 Å². The number of rotatable bonds is 9. The van der Waals surface area contributed by atoms with Crippen LogP contribution < -0.4 is 19.5 Å². The lowest BCUT2D eigenvalue weighted by Crippen LogP contribution is -2.36. The first-order valence-electron chi connectivity index (χ1n) is 11.4. The summed E-state index contributed by atoms with van der Waals surface area (Å²) in [6.07, 6.45) is 1.60. The smallest absolute Gasteiger partial charge is 0.294 e. The van der Waals surface area contributed by atoms with Crippen molar-refractivity contribution in [3.8, 4) is 17.2 Å². The molecule has 1 fully saturated rings. The third kappa shape index (κ3) is 6.50. The summed E-state index contributed by atoms with van der Waals surface area (Å²) < 4.78 is 16.5. The number of anilines is 1. The number of ether oxygens (including phenoxy) is 3. The second-order valence-corrected chi connectivity index (χ2v) is 9.22. The Morgan fingerprint density at radius 3 is 2.35 bits per heavy atom. The van der Waals surface area contributed by atoms with Crippen molar-refractivity contribution in [2.45, 2.75) is 13.5 Å². The first-order valence-corrected chi connectivity index (χ1v) is 12.2. The van der Waals surface area contributed by atoms with Gasteiger partial charge >= 0.3 is 0 Å². The van der Waals surface area contributed by atoms with Crippen LogP contribution >= 0.6 is 11.8 Å². The molecule has 3 aromatic rings. The van der Waals surface area contributed by atoms with E-state index < -0.39 is 17.1 Å². The normalized spacial score (nSPS) is 14.1. The molecular weight excluding hydrogens is 492 g/mol. The van der Waals surface area contributed by atoms with Crippen molar-refractivity contribution in [1.29, 1.82) is 0 Å². The first kappa shape index (κ1) is 25.8. The summed E-state index contributed by atoms with van der Waals surface area (Å²) in [5, 5.41) is 2.17. The minimum Gasteiger partial charge on any atom is -0.497 e. The number of carbonyl (C=O) groups excluding carboxylic acids is 3. The van der Waals surface area contributed by atoms with Gasteiger partial charge in [-0.1, -0.05) is 35.9 Å². The van der Waals surface area contributed by atoms with Crippen molar-refractivity contribution >= 4 is 40.6 Å². The van der Waals surface area contributed by atoms with Crippen molar-refractivity contribution in [2.75, 3.05) is 26.1 Å². The van der Waals surface area contributed by atoms with Crippen LogP contribution in [0, 0.1) is 6.92 Å². The van der Waals surface area contributed by atoms with Crippen molar-refractivity contribution < 1.29 is 28.6 Å². The summed E-state index contributed by atoms with van der Waals surface area (Å²) in [7, 11) is 3.08. The zero-order valence-electron chi connectivity index (χ0n) is 20.6. The average molecular weight is 519 g/mol. The highest BCUT2D eigenvalue weighted by Crippen LogP contribution is 2.34. The monoisotopic (exact) mass is 518 g/mol. The highest BCUT2D eigenvalue weighted by atomic mass is 32.2. The van der Waals surface area contributed by atoms with Gasteiger partial charge in [0.05, 0.1) is 19.1 Å². The van der Waals surface area contributed by atoms with Crippen LogP contribution in [0.3, 0.4) is 0 Å². The van der Waals surface area contributed by atoms with E-state index >= 15 is 0 Å². The first-order chi connectivity index (χ1) is 17.9. The predicted octanol–water partition coefficient (Wildman–Crippen LogP) is 5.27. The second-order valence-electron chi connectivity index (χ2n) is 8.23. The molecule has 0 spiro atoms. The Bertz CT molecular complexity index is 1340. The molecule has 190 valence electrons. The van der Waals surface area contributed by atoms with Gasteiger partial charge in [0.15, 0.2) is 11.5 Å². The molecule has 1 N–H and O–H groups in total. The SMILES string of the molecule is COc1ccc(NC(=O)CN2C(=O)S/C(=C/c3ccc(OCc4ccc(C)cc4)c(OC)c3)C2=O)cc1. The minimum absolute atomic E-state index is 0.220. The van der Waals surface area contributed by atoms with Gasteiger partial charge in [-0.15, -0.1) is 0 Å². The molecule has 9 heteroatoms. The summed E-state index contributed by atoms with van der Waals surface area (Å²) in [4.78, 5) is 38.9. The molecule has 4 rings (SSSR count). The number of methoxy groups -OCH3 is 2. The lowest BCUT2D eigenvalue weighted by Gasteiger charge is -2.13. The molecule has 1 aliphatic rings. The van der Waals surface area contributed by atoms with E-state index in [0.29, 0.717) is 35.1 Å². The van der Waals surface area contributed by atoms with Crippen LogP contribution in [0.25, 0.3) is 6.08 Å². The lowest BCUT2D eigenvalue weighted by atomic mass is 10.1. The van der Waals surface area contributed by atoms with E-state index in [4.69, 9.17) is 14.2 Å². The number of hydrogen-bond acceptors (Lipinski definition) is 7. The Morgan fingerprint density at radius 1 is 0.946 bits per heavy atom. The molecule has 0 aliphatic carbocycles. The molecule has 1 saturated heterocycles. The number of benzene rings is 3. The largest absolute Gasteiger partial charge is 0.497 e. The lowest BCUT2D eigenvalue weighted by molar-refractivity contribution is -0.127. The number of thioether (sulfide) groups is 1. The molecule has 0 bridgehead atoms. The second kappa shape index (κ2) is 11.7. The molecule has 0 atom stereocenters. The molecule has 3 amide bonds. The molecule has 0 radical (unpaired) electrons. The van der Waals surface area contributed by atoms with Gasteiger partial charge < -0.3 is 19.5 Å². The van der Waals surface area contributed by atoms with E-state index in [9.17, 15) is 14.4 Å². The molecule has 0 aromatic heterocycles. The third-order valence-electron chi connectivity index (χ3n) is 5.55. The molecule has 0 saturated carbocycles. The molecule has 3 aromatic carbocycles. The van der Waals surface area contributed by atoms with Crippen LogP contribution in [0.4, 0.5) is 10.5 Å². The van der Waals surface area contributed by atoms with E-state index in [-0.39, 0.29) is 11.4 Å². The summed E-state index contributed by atoms with van der Waals surface area (Å²) in [5.41, 5.74) is 3.40. The number of nitrogens with zero attached hydrogens (tertiary/aromatic N) is 1. The fraction of sp³-hybridized carbons (Fsp3) is 0.179. The number of hydrogen-bond donors (Lipinski definition) is 1. The zero-order chi connectivity index (χ0) is 26.4. The summed E-state index contributed by atoms with van der Waals surface area (Å²) in [5.74, 6) is 0.697. The zero-order valence-corrected chi connectivity index (χ0v) is 21.5. The minimum atomic E-state index is -0.529. The van der Waals surface area contributed by atoms with Crippen molar-refractivity contribution in [2.24, 2.45) is 0 Å². The van der Waals surface area contributed by atoms with Crippen LogP contribution in [-0.2, 0) is 16.2 Å². The molecule has 37 heavy (non-hydrogen) atoms. The Labute approximate surface area is 219 Å². The number of imide groups is 1. The van der Waals surface area contributed by atoms with E-state index in [1.807, 2.05) is 31.2 Å². The molecule has 8 nitrogen and oxygen atoms in total. The number of amides is 3. The van der Waals surface area contributed by atoms with E-state index in [0.717, 1.165) is 22.2 Å². The molecule has 1 heterocycles. The van der Waals surface area contributed by atoms with Gasteiger partial charge in [0, 0.05) is 5.69 Å². The number of aryl methyl sites for hydroxylation is 1. The van der Waals surface area contributed by atoms with Crippen LogP contribution in [-0.4, -0.2) is 42.7 Å². The van der Waals surface area contributed by atoms with Gasteiger partial charge in [0.2, 0.25) is 5.91 Å². The maximum Gasteiger partial charge on any atom is 0.294 e. The maximum absolute atomic E-state index is 12.9. The fourth-order valence-electron chi connectivity index (χ4n) is 3.54. The van der Waals surface area contributed by atoms with E-state index in [1.54, 1.807) is 55.7 Å². The number of nitrogens with one attached hydrogen (secondary N) is 1. The van der Waals surface area contributed by atoms with Crippen LogP contribution in [0.15, 0.2) is 71.6 Å². The van der Waals surface area contributed by atoms with Gasteiger partial charge in [-0.2, -0.15) is 0 Å². The fourth-order valence-corrected chi connectivity index (χ4v) is 4.38. The van der Waals surface area contributed by atoms with E-state index in [1.165, 1.54) is 12.7 Å². The Kier molecular flexibility index (Phi) is 8.15. The molecule has 1 aliphatic heterocycles. The van der Waals surface area contributed by atoms with Gasteiger partial charge in [-0.3, -0.25) is 19.3 Å². The van der Waals surface area contributed by atoms with Crippen LogP contribution in [0.5, 0.6) is 17.2 Å². The molecule has 0 unspecified atom stereocenters. The highest BCUT2D eigenvalue weighted by molar-refractivity contribution is 8.18. The summed E-state index contributed by atoms with van der Waals surface area (Å²) in [6.45, 7) is 2.02. The quantitative estimate of drug-likeness (QED) is 0.386. The standard InChI is InChI=1S/C28H26N2O6S/c1-18-4-6-19(7-5-18)17-36-23-13-8-20(14-24(23)35-3)15-25-27(32)30(28(33)37-25)16-26(31)29-21-9-11-22(34-2)12-10-21/h4-15H,16-17H2,1-3H3,(H,29,31)/b25-15+. The maximum atomic E-state index is 12.9. The molecular formula is C28H26N2O6S. The highest BCUT2D eigenvalue weighted by Gasteiger charge is 2.36. The van der Waals surface area contributed by atoms with Crippen molar-refractivity contribution in [1.82, 2.24) is 4.90 Å². The van der Waals surface area contributed by atoms with Crippen molar-refractivity contribution in [3.63, 3.8) is 0 Å². The van der Waals surface area contributed by atoms with Crippen LogP contribution in [0.2, 0.25) is 0 Å². The van der Waals surface area contributed by atoms with E-state index in [2.05, 4.69) is 5.32 Å².